The largest absolute Gasteiger partial charge is 0.384 e. The number of allylic oxidation sites excluding steroid dienone is 2. The van der Waals surface area contributed by atoms with Gasteiger partial charge in [0.05, 0.1) is 36.2 Å². The number of rotatable bonds is 5. The molecule has 2 atom stereocenters. The molecule has 0 aromatic carbocycles. The van der Waals surface area contributed by atoms with E-state index in [9.17, 15) is 0 Å². The lowest BCUT2D eigenvalue weighted by atomic mass is 9.72. The van der Waals surface area contributed by atoms with Gasteiger partial charge in [0.2, 0.25) is 5.95 Å². The van der Waals surface area contributed by atoms with Gasteiger partial charge >= 0.3 is 0 Å². The maximum atomic E-state index is 7.14. The molecule has 0 bridgehead atoms. The molecule has 0 amide bonds. The van der Waals surface area contributed by atoms with E-state index in [0.29, 0.717) is 36.9 Å². The quantitative estimate of drug-likeness (QED) is 0.466. The monoisotopic (exact) mass is 438 g/mol. The van der Waals surface area contributed by atoms with Crippen molar-refractivity contribution in [3.63, 3.8) is 0 Å². The molecule has 172 valence electrons. The summed E-state index contributed by atoms with van der Waals surface area (Å²) in [5.74, 6) is 2.47. The number of nitrogens with one attached hydrogen (secondary N) is 3. The molecule has 2 fully saturated rings. The van der Waals surface area contributed by atoms with Crippen molar-refractivity contribution in [3.8, 4) is 0 Å². The molecule has 1 unspecified atom stereocenters. The molecule has 0 spiro atoms. The van der Waals surface area contributed by atoms with E-state index in [1.807, 2.05) is 7.05 Å². The Bertz CT molecular complexity index is 980. The van der Waals surface area contributed by atoms with Crippen LogP contribution in [0.4, 0.5) is 11.8 Å². The van der Waals surface area contributed by atoms with Crippen molar-refractivity contribution in [3.05, 3.63) is 41.0 Å². The number of hydrogen-bond donors (Lipinski definition) is 5. The molecule has 32 heavy (non-hydrogen) atoms. The Kier molecular flexibility index (Phi) is 5.46. The molecule has 9 nitrogen and oxygen atoms in total. The number of morpholine rings is 1. The lowest BCUT2D eigenvalue weighted by Crippen LogP contribution is -2.49. The summed E-state index contributed by atoms with van der Waals surface area (Å²) in [5.41, 5.74) is 22.9. The molecule has 0 radical (unpaired) electrons. The number of hydrogen-bond acceptors (Lipinski definition) is 9. The van der Waals surface area contributed by atoms with Gasteiger partial charge in [-0.05, 0) is 31.3 Å². The molecule has 5 rings (SSSR count). The fourth-order valence-corrected chi connectivity index (χ4v) is 5.52. The molecule has 2 aliphatic carbocycles. The number of hydrazine groups is 1. The first-order chi connectivity index (χ1) is 15.5. The number of nitrogens with zero attached hydrogens (tertiary/aromatic N) is 3. The molecule has 2 aliphatic heterocycles. The van der Waals surface area contributed by atoms with Gasteiger partial charge in [0.15, 0.2) is 0 Å². The molecule has 4 aliphatic rings. The highest BCUT2D eigenvalue weighted by molar-refractivity contribution is 5.81. The van der Waals surface area contributed by atoms with E-state index in [-0.39, 0.29) is 0 Å². The average molecular weight is 439 g/mol. The normalized spacial score (nSPS) is 28.1. The minimum absolute atomic E-state index is 0.303. The molecule has 1 saturated heterocycles. The second kappa shape index (κ2) is 8.29. The van der Waals surface area contributed by atoms with Crippen LogP contribution in [0.1, 0.15) is 44.7 Å². The first kappa shape index (κ1) is 21.1. The SMILES string of the molecule is CC[C@@H]1COCCN1c1cc(C2=CC(N)(C3CCCC3)C3=C(N)NNC3=C2)nc(NC)n1. The van der Waals surface area contributed by atoms with E-state index in [2.05, 4.69) is 46.2 Å². The lowest BCUT2D eigenvalue weighted by molar-refractivity contribution is 0.0925. The van der Waals surface area contributed by atoms with Crippen LogP contribution in [0.5, 0.6) is 0 Å². The summed E-state index contributed by atoms with van der Waals surface area (Å²) in [6.45, 7) is 4.42. The van der Waals surface area contributed by atoms with Crippen LogP contribution in [-0.2, 0) is 4.74 Å². The van der Waals surface area contributed by atoms with Crippen molar-refractivity contribution in [1.82, 2.24) is 20.8 Å². The molecule has 1 aromatic rings. The van der Waals surface area contributed by atoms with Gasteiger partial charge in [-0.3, -0.25) is 10.9 Å². The van der Waals surface area contributed by atoms with Gasteiger partial charge in [-0.15, -0.1) is 0 Å². The smallest absolute Gasteiger partial charge is 0.224 e. The predicted octanol–water partition coefficient (Wildman–Crippen LogP) is 1.58. The molecule has 1 aromatic heterocycles. The third-order valence-electron chi connectivity index (χ3n) is 7.25. The highest BCUT2D eigenvalue weighted by Crippen LogP contribution is 2.45. The number of nitrogens with two attached hydrogens (primary N) is 2. The van der Waals surface area contributed by atoms with Crippen LogP contribution in [-0.4, -0.2) is 48.4 Å². The van der Waals surface area contributed by atoms with Crippen molar-refractivity contribution in [2.75, 3.05) is 37.0 Å². The molecule has 1 saturated carbocycles. The minimum atomic E-state index is -0.633. The van der Waals surface area contributed by atoms with Gasteiger partial charge in [0, 0.05) is 30.8 Å². The van der Waals surface area contributed by atoms with Crippen LogP contribution >= 0.6 is 0 Å². The van der Waals surface area contributed by atoms with Gasteiger partial charge in [0.1, 0.15) is 11.6 Å². The Morgan fingerprint density at radius 2 is 2.09 bits per heavy atom. The summed E-state index contributed by atoms with van der Waals surface area (Å²) >= 11 is 0. The summed E-state index contributed by atoms with van der Waals surface area (Å²) in [5, 5.41) is 3.13. The van der Waals surface area contributed by atoms with E-state index in [0.717, 1.165) is 54.2 Å². The molecule has 9 heteroatoms. The topological polar surface area (TPSA) is 126 Å². The molecule has 3 heterocycles. The van der Waals surface area contributed by atoms with Crippen LogP contribution < -0.4 is 32.5 Å². The van der Waals surface area contributed by atoms with Gasteiger partial charge in [-0.2, -0.15) is 4.98 Å². The zero-order chi connectivity index (χ0) is 22.3. The van der Waals surface area contributed by atoms with Crippen molar-refractivity contribution >= 4 is 17.3 Å². The number of anilines is 2. The first-order valence-electron chi connectivity index (χ1n) is 11.7. The van der Waals surface area contributed by atoms with E-state index in [4.69, 9.17) is 26.2 Å². The lowest BCUT2D eigenvalue weighted by Gasteiger charge is -2.38. The van der Waals surface area contributed by atoms with Crippen LogP contribution in [0, 0.1) is 5.92 Å². The van der Waals surface area contributed by atoms with Crippen molar-refractivity contribution < 1.29 is 4.74 Å². The van der Waals surface area contributed by atoms with Gasteiger partial charge in [0.25, 0.3) is 0 Å². The minimum Gasteiger partial charge on any atom is -0.384 e. The molecular weight excluding hydrogens is 404 g/mol. The number of ether oxygens (including phenoxy) is 1. The van der Waals surface area contributed by atoms with E-state index < -0.39 is 5.54 Å². The van der Waals surface area contributed by atoms with Gasteiger partial charge in [-0.25, -0.2) is 4.98 Å². The summed E-state index contributed by atoms with van der Waals surface area (Å²) in [6.07, 6.45) is 9.88. The average Bonchev–Trinajstić information content (AvgIpc) is 3.50. The fraction of sp³-hybridized carbons (Fsp3) is 0.565. The Morgan fingerprint density at radius 1 is 1.28 bits per heavy atom. The summed E-state index contributed by atoms with van der Waals surface area (Å²) < 4.78 is 5.70. The number of fused-ring (bicyclic) bond motifs is 1. The van der Waals surface area contributed by atoms with Crippen LogP contribution in [0.3, 0.4) is 0 Å². The number of aromatic nitrogens is 2. The summed E-state index contributed by atoms with van der Waals surface area (Å²) in [6, 6.07) is 2.38. The molecule has 7 N–H and O–H groups in total. The highest BCUT2D eigenvalue weighted by atomic mass is 16.5. The highest BCUT2D eigenvalue weighted by Gasteiger charge is 2.45. The first-order valence-corrected chi connectivity index (χ1v) is 11.7. The second-order valence-corrected chi connectivity index (χ2v) is 9.13. The Hall–Kier alpha value is -2.78. The Labute approximate surface area is 189 Å². The van der Waals surface area contributed by atoms with Crippen molar-refractivity contribution in [2.45, 2.75) is 50.6 Å². The van der Waals surface area contributed by atoms with Gasteiger partial charge < -0.3 is 26.4 Å². The molecular formula is C23H34N8O. The third-order valence-corrected chi connectivity index (χ3v) is 7.25. The second-order valence-electron chi connectivity index (χ2n) is 9.13. The van der Waals surface area contributed by atoms with Crippen LogP contribution in [0.15, 0.2) is 35.3 Å². The summed E-state index contributed by atoms with van der Waals surface area (Å²) in [4.78, 5) is 11.9. The van der Waals surface area contributed by atoms with Crippen LogP contribution in [0.25, 0.3) is 5.57 Å². The zero-order valence-corrected chi connectivity index (χ0v) is 18.9. The predicted molar refractivity (Wildman–Crippen MR) is 126 cm³/mol. The Balaban J connectivity index is 1.59. The third kappa shape index (κ3) is 3.49. The maximum absolute atomic E-state index is 7.14. The Morgan fingerprint density at radius 3 is 2.84 bits per heavy atom. The zero-order valence-electron chi connectivity index (χ0n) is 18.9. The maximum Gasteiger partial charge on any atom is 0.224 e. The summed E-state index contributed by atoms with van der Waals surface area (Å²) in [7, 11) is 1.85. The van der Waals surface area contributed by atoms with E-state index in [1.54, 1.807) is 0 Å². The van der Waals surface area contributed by atoms with Crippen LogP contribution in [0.2, 0.25) is 0 Å². The van der Waals surface area contributed by atoms with E-state index in [1.165, 1.54) is 12.8 Å². The standard InChI is InChI=1S/C23H34N8O/c1-3-16-13-32-9-8-31(16)19-11-17(27-22(26-2)28-19)14-10-18-20(21(24)30-29-18)23(25,12-14)15-6-4-5-7-15/h10-12,15-16,29-30H,3-9,13,24-25H2,1-2H3,(H,26,27,28)/t16-,23?/m1/s1. The van der Waals surface area contributed by atoms with E-state index >= 15 is 0 Å². The van der Waals surface area contributed by atoms with Crippen molar-refractivity contribution in [2.24, 2.45) is 17.4 Å². The van der Waals surface area contributed by atoms with Gasteiger partial charge in [-0.1, -0.05) is 25.8 Å². The fourth-order valence-electron chi connectivity index (χ4n) is 5.52. The van der Waals surface area contributed by atoms with Crippen molar-refractivity contribution in [1.29, 1.82) is 0 Å².